The first-order valence-electron chi connectivity index (χ1n) is 6.96. The molecule has 1 aliphatic carbocycles. The molecule has 1 saturated carbocycles. The van der Waals surface area contributed by atoms with E-state index in [1.807, 2.05) is 20.8 Å². The van der Waals surface area contributed by atoms with Crippen molar-refractivity contribution in [2.24, 2.45) is 0 Å². The highest BCUT2D eigenvalue weighted by atomic mass is 16.5. The summed E-state index contributed by atoms with van der Waals surface area (Å²) in [7, 11) is 0. The van der Waals surface area contributed by atoms with Crippen LogP contribution in [0.5, 0.6) is 0 Å². The molecule has 1 aliphatic heterocycles. The van der Waals surface area contributed by atoms with E-state index in [-0.39, 0.29) is 36.2 Å². The van der Waals surface area contributed by atoms with Crippen molar-refractivity contribution in [3.63, 3.8) is 0 Å². The van der Waals surface area contributed by atoms with Gasteiger partial charge in [-0.1, -0.05) is 0 Å². The summed E-state index contributed by atoms with van der Waals surface area (Å²) in [6, 6.07) is -0.445. The zero-order valence-electron chi connectivity index (χ0n) is 11.8. The van der Waals surface area contributed by atoms with Gasteiger partial charge in [0.1, 0.15) is 0 Å². The Morgan fingerprint density at radius 3 is 2.32 bits per heavy atom. The maximum Gasteiger partial charge on any atom is 0.321 e. The number of ether oxygens (including phenoxy) is 1. The average Bonchev–Trinajstić information content (AvgIpc) is 3.10. The molecule has 1 saturated heterocycles. The Balaban J connectivity index is 1.81. The third kappa shape index (κ3) is 4.18. The number of nitrogens with zero attached hydrogens (tertiary/aromatic N) is 1. The van der Waals surface area contributed by atoms with Crippen LogP contribution in [0.4, 0.5) is 4.79 Å². The number of carbonyl (C=O) groups excluding carboxylic acids is 2. The molecule has 0 bridgehead atoms. The molecule has 0 spiro atoms. The third-order valence-electron chi connectivity index (χ3n) is 3.52. The van der Waals surface area contributed by atoms with Crippen molar-refractivity contribution in [3.05, 3.63) is 0 Å². The van der Waals surface area contributed by atoms with Gasteiger partial charge in [0.05, 0.1) is 18.2 Å². The van der Waals surface area contributed by atoms with Gasteiger partial charge in [0, 0.05) is 19.1 Å². The topological polar surface area (TPSA) is 70.7 Å². The van der Waals surface area contributed by atoms with E-state index in [0.717, 1.165) is 12.8 Å². The lowest BCUT2D eigenvalue weighted by Gasteiger charge is -2.38. The summed E-state index contributed by atoms with van der Waals surface area (Å²) in [6.45, 7) is 7.23. The Hall–Kier alpha value is -1.14. The lowest BCUT2D eigenvalue weighted by Crippen LogP contribution is -2.55. The van der Waals surface area contributed by atoms with E-state index in [1.54, 1.807) is 0 Å². The van der Waals surface area contributed by atoms with Crippen LogP contribution in [-0.2, 0) is 9.53 Å². The fourth-order valence-corrected chi connectivity index (χ4v) is 2.37. The van der Waals surface area contributed by atoms with Gasteiger partial charge >= 0.3 is 6.03 Å². The van der Waals surface area contributed by atoms with E-state index in [0.29, 0.717) is 13.1 Å². The van der Waals surface area contributed by atoms with Gasteiger partial charge in [0.2, 0.25) is 5.91 Å². The van der Waals surface area contributed by atoms with E-state index in [9.17, 15) is 9.59 Å². The fourth-order valence-electron chi connectivity index (χ4n) is 2.37. The molecule has 0 aromatic heterocycles. The Kier molecular flexibility index (Phi) is 4.42. The first-order chi connectivity index (χ1) is 8.95. The molecule has 2 rings (SSSR count). The zero-order valence-corrected chi connectivity index (χ0v) is 11.8. The minimum Gasteiger partial charge on any atom is -0.373 e. The molecule has 0 aromatic carbocycles. The van der Waals surface area contributed by atoms with Crippen LogP contribution in [0.15, 0.2) is 0 Å². The number of urea groups is 1. The van der Waals surface area contributed by atoms with Crippen molar-refractivity contribution in [1.29, 1.82) is 0 Å². The lowest BCUT2D eigenvalue weighted by atomic mass is 10.1. The summed E-state index contributed by atoms with van der Waals surface area (Å²) in [6.07, 6.45) is 2.24. The molecule has 1 heterocycles. The molecular weight excluding hydrogens is 246 g/mol. The summed E-state index contributed by atoms with van der Waals surface area (Å²) in [5.41, 5.74) is 0. The quantitative estimate of drug-likeness (QED) is 0.781. The monoisotopic (exact) mass is 269 g/mol. The number of morpholine rings is 1. The van der Waals surface area contributed by atoms with Gasteiger partial charge in [-0.3, -0.25) is 15.0 Å². The number of amides is 3. The smallest absolute Gasteiger partial charge is 0.321 e. The second-order valence-electron chi connectivity index (χ2n) is 5.62. The van der Waals surface area contributed by atoms with Crippen LogP contribution in [0.25, 0.3) is 0 Å². The van der Waals surface area contributed by atoms with Crippen molar-refractivity contribution < 1.29 is 14.3 Å². The van der Waals surface area contributed by atoms with Crippen LogP contribution in [0, 0.1) is 0 Å². The van der Waals surface area contributed by atoms with Crippen LogP contribution in [0.1, 0.15) is 33.6 Å². The van der Waals surface area contributed by atoms with Gasteiger partial charge in [0.15, 0.2) is 0 Å². The molecule has 6 heteroatoms. The van der Waals surface area contributed by atoms with E-state index in [1.165, 1.54) is 0 Å². The molecule has 3 unspecified atom stereocenters. The largest absolute Gasteiger partial charge is 0.373 e. The molecule has 2 aliphatic rings. The van der Waals surface area contributed by atoms with E-state index >= 15 is 0 Å². The van der Waals surface area contributed by atoms with Crippen LogP contribution < -0.4 is 10.6 Å². The second kappa shape index (κ2) is 5.88. The van der Waals surface area contributed by atoms with Gasteiger partial charge in [-0.25, -0.2) is 4.79 Å². The van der Waals surface area contributed by atoms with Crippen molar-refractivity contribution in [3.8, 4) is 0 Å². The molecule has 0 radical (unpaired) electrons. The number of carbonyl (C=O) groups is 2. The number of hydrogen-bond donors (Lipinski definition) is 2. The van der Waals surface area contributed by atoms with Gasteiger partial charge < -0.3 is 10.1 Å². The van der Waals surface area contributed by atoms with Crippen LogP contribution in [-0.4, -0.2) is 54.2 Å². The van der Waals surface area contributed by atoms with Gasteiger partial charge in [0.25, 0.3) is 0 Å². The highest BCUT2D eigenvalue weighted by Crippen LogP contribution is 2.18. The highest BCUT2D eigenvalue weighted by molar-refractivity contribution is 5.97. The minimum absolute atomic E-state index is 0.110. The summed E-state index contributed by atoms with van der Waals surface area (Å²) >= 11 is 0. The molecule has 3 atom stereocenters. The molecule has 6 nitrogen and oxygen atoms in total. The number of rotatable bonds is 3. The normalized spacial score (nSPS) is 29.6. The predicted molar refractivity (Wildman–Crippen MR) is 70.7 cm³/mol. The Morgan fingerprint density at radius 2 is 1.79 bits per heavy atom. The molecule has 2 fully saturated rings. The second-order valence-corrected chi connectivity index (χ2v) is 5.62. The number of hydrogen-bond acceptors (Lipinski definition) is 4. The minimum atomic E-state index is -0.381. The molecule has 2 N–H and O–H groups in total. The first-order valence-corrected chi connectivity index (χ1v) is 6.96. The van der Waals surface area contributed by atoms with Crippen LogP contribution >= 0.6 is 0 Å². The Morgan fingerprint density at radius 1 is 1.21 bits per heavy atom. The average molecular weight is 269 g/mol. The van der Waals surface area contributed by atoms with Crippen molar-refractivity contribution in [2.45, 2.75) is 57.9 Å². The summed E-state index contributed by atoms with van der Waals surface area (Å²) in [5, 5.41) is 5.15. The summed E-state index contributed by atoms with van der Waals surface area (Å²) in [5.74, 6) is -0.251. The van der Waals surface area contributed by atoms with Crippen LogP contribution in [0.2, 0.25) is 0 Å². The van der Waals surface area contributed by atoms with Gasteiger partial charge in [-0.2, -0.15) is 0 Å². The summed E-state index contributed by atoms with van der Waals surface area (Å²) in [4.78, 5) is 25.6. The molecule has 19 heavy (non-hydrogen) atoms. The van der Waals surface area contributed by atoms with E-state index in [4.69, 9.17) is 4.74 Å². The summed E-state index contributed by atoms with van der Waals surface area (Å²) < 4.78 is 5.64. The third-order valence-corrected chi connectivity index (χ3v) is 3.52. The molecular formula is C13H23N3O3. The lowest BCUT2D eigenvalue weighted by molar-refractivity contribution is -0.130. The Labute approximate surface area is 113 Å². The molecule has 0 aromatic rings. The standard InChI is InChI=1S/C13H23N3O3/c1-8-6-16(7-9(2)19-8)10(3)12(17)15-13(18)14-11-4-5-11/h8-11H,4-7H2,1-3H3,(H2,14,15,17,18). The number of imide groups is 1. The van der Waals surface area contributed by atoms with E-state index < -0.39 is 0 Å². The maximum atomic E-state index is 12.0. The highest BCUT2D eigenvalue weighted by Gasteiger charge is 2.30. The fraction of sp³-hybridized carbons (Fsp3) is 0.846. The number of nitrogens with one attached hydrogen (secondary N) is 2. The molecule has 108 valence electrons. The SMILES string of the molecule is CC1CN(C(C)C(=O)NC(=O)NC2CC2)CC(C)O1. The van der Waals surface area contributed by atoms with Crippen LogP contribution in [0.3, 0.4) is 0 Å². The first kappa shape index (κ1) is 14.3. The van der Waals surface area contributed by atoms with Gasteiger partial charge in [-0.05, 0) is 33.6 Å². The van der Waals surface area contributed by atoms with E-state index in [2.05, 4.69) is 15.5 Å². The van der Waals surface area contributed by atoms with Crippen molar-refractivity contribution >= 4 is 11.9 Å². The van der Waals surface area contributed by atoms with Gasteiger partial charge in [-0.15, -0.1) is 0 Å². The van der Waals surface area contributed by atoms with Crippen molar-refractivity contribution in [2.75, 3.05) is 13.1 Å². The molecule has 3 amide bonds. The zero-order chi connectivity index (χ0) is 14.0. The van der Waals surface area contributed by atoms with Crippen molar-refractivity contribution in [1.82, 2.24) is 15.5 Å². The predicted octanol–water partition coefficient (Wildman–Crippen LogP) is 0.472. The Bertz CT molecular complexity index is 347. The maximum absolute atomic E-state index is 12.0.